The van der Waals surface area contributed by atoms with Gasteiger partial charge in [-0.05, 0) is 12.8 Å². The van der Waals surface area contributed by atoms with Crippen molar-refractivity contribution in [3.63, 3.8) is 0 Å². The van der Waals surface area contributed by atoms with Crippen molar-refractivity contribution >= 4 is 5.97 Å². The summed E-state index contributed by atoms with van der Waals surface area (Å²) in [6, 6.07) is -4.65. The largest absolute Gasteiger partial charge is 0.478 e. The summed E-state index contributed by atoms with van der Waals surface area (Å²) in [7, 11) is 0. The van der Waals surface area contributed by atoms with Crippen LogP contribution < -0.4 is 0 Å². The van der Waals surface area contributed by atoms with Crippen LogP contribution >= 0.6 is 0 Å². The molecule has 0 aliphatic rings. The van der Waals surface area contributed by atoms with E-state index in [4.69, 9.17) is 13.3 Å². The van der Waals surface area contributed by atoms with Crippen molar-refractivity contribution < 1.29 is 18.1 Å². The van der Waals surface area contributed by atoms with Gasteiger partial charge in [0.05, 0.1) is 8.22 Å². The van der Waals surface area contributed by atoms with Gasteiger partial charge in [-0.25, -0.2) is 4.79 Å². The zero-order valence-corrected chi connectivity index (χ0v) is 14.7. The molecule has 0 aliphatic heterocycles. The van der Waals surface area contributed by atoms with Gasteiger partial charge < -0.3 is 5.11 Å². The third kappa shape index (κ3) is 20.2. The van der Waals surface area contributed by atoms with Gasteiger partial charge in [0.1, 0.15) is 0 Å². The van der Waals surface area contributed by atoms with E-state index < -0.39 is 36.2 Å². The van der Waals surface area contributed by atoms with Crippen LogP contribution in [0.3, 0.4) is 0 Å². The van der Waals surface area contributed by atoms with Crippen LogP contribution in [0.4, 0.5) is 0 Å². The standard InChI is InChI=1S/C22H34O2/c1-2-3-4-5-6-7-8-9-10-11-12-13-14-15-16-17-18-19-20-21-22(23)24/h12-21H,2-11H2,1H3,(H,23,24)/i16D,17D,18D,19D,20D,21D. The lowest BCUT2D eigenvalue weighted by atomic mass is 10.1. The van der Waals surface area contributed by atoms with Crippen molar-refractivity contribution in [2.75, 3.05) is 0 Å². The summed E-state index contributed by atoms with van der Waals surface area (Å²) < 4.78 is 45.4. The zero-order chi connectivity index (χ0) is 22.9. The van der Waals surface area contributed by atoms with Gasteiger partial charge in [0, 0.05) is 6.05 Å². The van der Waals surface area contributed by atoms with E-state index in [1.54, 1.807) is 12.2 Å². The van der Waals surface area contributed by atoms with Gasteiger partial charge in [0.15, 0.2) is 0 Å². The van der Waals surface area contributed by atoms with Crippen molar-refractivity contribution in [3.05, 3.63) is 60.6 Å². The average molecular weight is 337 g/mol. The van der Waals surface area contributed by atoms with E-state index >= 15 is 0 Å². The van der Waals surface area contributed by atoms with Crippen LogP contribution in [0, 0.1) is 0 Å². The van der Waals surface area contributed by atoms with Gasteiger partial charge in [-0.2, -0.15) is 0 Å². The molecule has 0 atom stereocenters. The molecule has 2 nitrogen and oxygen atoms in total. The van der Waals surface area contributed by atoms with Crippen molar-refractivity contribution in [1.29, 1.82) is 0 Å². The number of carboxylic acids is 1. The predicted molar refractivity (Wildman–Crippen MR) is 105 cm³/mol. The topological polar surface area (TPSA) is 37.3 Å². The average Bonchev–Trinajstić information content (AvgIpc) is 2.73. The zero-order valence-electron chi connectivity index (χ0n) is 20.7. The quantitative estimate of drug-likeness (QED) is 0.203. The highest BCUT2D eigenvalue weighted by Gasteiger charge is 1.90. The molecular weight excluding hydrogens is 296 g/mol. The maximum absolute atomic E-state index is 10.7. The summed E-state index contributed by atoms with van der Waals surface area (Å²) in [6.45, 7) is 2.22. The van der Waals surface area contributed by atoms with Gasteiger partial charge in [-0.3, -0.25) is 0 Å². The van der Waals surface area contributed by atoms with E-state index in [0.29, 0.717) is 0 Å². The fourth-order valence-electron chi connectivity index (χ4n) is 2.08. The molecule has 0 amide bonds. The van der Waals surface area contributed by atoms with Gasteiger partial charge in [0.2, 0.25) is 0 Å². The van der Waals surface area contributed by atoms with Crippen LogP contribution in [-0.2, 0) is 4.79 Å². The van der Waals surface area contributed by atoms with Gasteiger partial charge >= 0.3 is 5.97 Å². The molecule has 1 N–H and O–H groups in total. The van der Waals surface area contributed by atoms with Crippen LogP contribution in [0.2, 0.25) is 0 Å². The minimum absolute atomic E-state index is 0.327. The van der Waals surface area contributed by atoms with Crippen molar-refractivity contribution in [2.24, 2.45) is 0 Å². The normalized spacial score (nSPS) is 18.7. The molecule has 0 aromatic heterocycles. The highest BCUT2D eigenvalue weighted by Crippen LogP contribution is 2.10. The molecule has 0 radical (unpaired) electrons. The predicted octanol–water partition coefficient (Wildman–Crippen LogP) is 6.77. The van der Waals surface area contributed by atoms with E-state index in [-0.39, 0.29) is 6.05 Å². The fourth-order valence-corrected chi connectivity index (χ4v) is 2.08. The van der Waals surface area contributed by atoms with E-state index in [2.05, 4.69) is 6.92 Å². The number of allylic oxidation sites excluding steroid dienone is 9. The first-order chi connectivity index (χ1) is 14.2. The number of unbranched alkanes of at least 4 members (excludes halogenated alkanes) is 9. The van der Waals surface area contributed by atoms with Gasteiger partial charge in [-0.15, -0.1) is 0 Å². The van der Waals surface area contributed by atoms with Crippen LogP contribution in [0.15, 0.2) is 60.6 Å². The Morgan fingerprint density at radius 2 is 1.38 bits per heavy atom. The summed E-state index contributed by atoms with van der Waals surface area (Å²) in [5.74, 6) is -1.68. The van der Waals surface area contributed by atoms with Crippen LogP contribution in [0.25, 0.3) is 0 Å². The Morgan fingerprint density at radius 1 is 0.792 bits per heavy atom. The van der Waals surface area contributed by atoms with Crippen LogP contribution in [-0.4, -0.2) is 11.1 Å². The molecule has 0 saturated heterocycles. The van der Waals surface area contributed by atoms with E-state index in [9.17, 15) is 4.79 Å². The molecule has 0 unspecified atom stereocenters. The number of hydrogen-bond acceptors (Lipinski definition) is 1. The highest BCUT2D eigenvalue weighted by molar-refractivity contribution is 5.80. The summed E-state index contributed by atoms with van der Waals surface area (Å²) in [5.41, 5.74) is 0. The molecule has 0 rings (SSSR count). The lowest BCUT2D eigenvalue weighted by molar-refractivity contribution is -0.131. The number of hydrogen-bond donors (Lipinski definition) is 1. The Bertz CT molecular complexity index is 690. The van der Waals surface area contributed by atoms with E-state index in [0.717, 1.165) is 12.8 Å². The Labute approximate surface area is 156 Å². The number of aliphatic carboxylic acids is 1. The van der Waals surface area contributed by atoms with Crippen molar-refractivity contribution in [3.8, 4) is 0 Å². The molecular formula is C22H34O2. The molecule has 2 heteroatoms. The first-order valence-electron chi connectivity index (χ1n) is 11.8. The third-order valence-corrected chi connectivity index (χ3v) is 3.33. The Balaban J connectivity index is 4.46. The minimum Gasteiger partial charge on any atom is -0.478 e. The molecule has 0 fully saturated rings. The molecule has 24 heavy (non-hydrogen) atoms. The summed E-state index contributed by atoms with van der Waals surface area (Å²) in [4.78, 5) is 10.7. The molecule has 0 saturated carbocycles. The molecule has 0 aromatic carbocycles. The van der Waals surface area contributed by atoms with E-state index in [1.807, 2.05) is 6.08 Å². The van der Waals surface area contributed by atoms with Crippen molar-refractivity contribution in [2.45, 2.75) is 71.1 Å². The molecule has 0 aromatic rings. The van der Waals surface area contributed by atoms with Crippen molar-refractivity contribution in [1.82, 2.24) is 0 Å². The van der Waals surface area contributed by atoms with Gasteiger partial charge in [0.25, 0.3) is 0 Å². The summed E-state index contributed by atoms with van der Waals surface area (Å²) >= 11 is 0. The van der Waals surface area contributed by atoms with Crippen LogP contribution in [0.1, 0.15) is 79.4 Å². The first-order valence-corrected chi connectivity index (χ1v) is 8.83. The number of rotatable bonds is 15. The molecule has 0 spiro atoms. The van der Waals surface area contributed by atoms with Crippen LogP contribution in [0.5, 0.6) is 0 Å². The van der Waals surface area contributed by atoms with Gasteiger partial charge in [-0.1, -0.05) is 113 Å². The monoisotopic (exact) mass is 336 g/mol. The summed E-state index contributed by atoms with van der Waals surface area (Å²) in [6.07, 6.45) is 19.0. The Hall–Kier alpha value is -1.83. The second kappa shape index (κ2) is 19.2. The Kier molecular flexibility index (Phi) is 10.8. The highest BCUT2D eigenvalue weighted by atomic mass is 16.4. The molecule has 0 aliphatic carbocycles. The fraction of sp³-hybridized carbons (Fsp3) is 0.500. The summed E-state index contributed by atoms with van der Waals surface area (Å²) in [5, 5.41) is 8.67. The smallest absolute Gasteiger partial charge is 0.328 e. The maximum atomic E-state index is 10.7. The number of carbonyl (C=O) groups is 1. The first kappa shape index (κ1) is 13.5. The minimum atomic E-state index is -1.68. The second-order valence-electron chi connectivity index (χ2n) is 5.48. The lowest BCUT2D eigenvalue weighted by Gasteiger charge is -2.00. The molecule has 0 bridgehead atoms. The molecule has 0 heterocycles. The SMILES string of the molecule is [2H]C(C=CC=CCCCCCCCCCCC)=C([2H])C([2H])=C([2H])C([2H])=C([2H])C(=O)O. The second-order valence-corrected chi connectivity index (χ2v) is 5.48. The van der Waals surface area contributed by atoms with E-state index in [1.165, 1.54) is 57.4 Å². The third-order valence-electron chi connectivity index (χ3n) is 3.33. The molecule has 134 valence electrons. The Morgan fingerprint density at radius 3 is 2.04 bits per heavy atom. The maximum Gasteiger partial charge on any atom is 0.328 e. The lowest BCUT2D eigenvalue weighted by Crippen LogP contribution is -1.84. The number of carboxylic acid groups (broad SMARTS) is 1.